The minimum absolute atomic E-state index is 0.577. The van der Waals surface area contributed by atoms with Gasteiger partial charge in [-0.1, -0.05) is 61.3 Å². The van der Waals surface area contributed by atoms with E-state index in [-0.39, 0.29) is 0 Å². The van der Waals surface area contributed by atoms with E-state index in [1.807, 2.05) is 18.2 Å². The molecule has 3 atom stereocenters. The van der Waals surface area contributed by atoms with E-state index in [9.17, 15) is 0 Å². The molecule has 0 aliphatic heterocycles. The summed E-state index contributed by atoms with van der Waals surface area (Å²) < 4.78 is 0. The molecular weight excluding hydrogens is 287 g/mol. The molecule has 3 unspecified atom stereocenters. The largest absolute Gasteiger partial charge is 0.0847 e. The highest BCUT2D eigenvalue weighted by molar-refractivity contribution is 6.31. The summed E-state index contributed by atoms with van der Waals surface area (Å²) in [6, 6.07) is 8.23. The molecule has 0 amide bonds. The Morgan fingerprint density at radius 2 is 1.80 bits per heavy atom. The van der Waals surface area contributed by atoms with Crippen LogP contribution in [0, 0.1) is 11.8 Å². The minimum Gasteiger partial charge on any atom is -0.0847 e. The lowest BCUT2D eigenvalue weighted by Gasteiger charge is -2.23. The standard InChI is InChI=1S/C18H22Cl2/c1-13(15-8-10-17(19)11-9-15)6-7-14(2)16-4-3-5-18(20)12-16/h3,5,8-14,16H,4,6-7H2,1-2H3. The summed E-state index contributed by atoms with van der Waals surface area (Å²) in [5.74, 6) is 1.83. The second-order valence-corrected chi connectivity index (χ2v) is 6.73. The lowest BCUT2D eigenvalue weighted by molar-refractivity contribution is 0.379. The first-order valence-corrected chi connectivity index (χ1v) is 8.11. The quantitative estimate of drug-likeness (QED) is 0.578. The summed E-state index contributed by atoms with van der Waals surface area (Å²) in [7, 11) is 0. The van der Waals surface area contributed by atoms with Gasteiger partial charge in [-0.2, -0.15) is 0 Å². The first-order valence-electron chi connectivity index (χ1n) is 7.35. The fraction of sp³-hybridized carbons (Fsp3) is 0.444. The lowest BCUT2D eigenvalue weighted by Crippen LogP contribution is -2.11. The fourth-order valence-electron chi connectivity index (χ4n) is 2.75. The zero-order chi connectivity index (χ0) is 14.5. The van der Waals surface area contributed by atoms with E-state index in [4.69, 9.17) is 23.2 Å². The smallest absolute Gasteiger partial charge is 0.0406 e. The molecule has 0 heterocycles. The number of rotatable bonds is 5. The molecule has 0 bridgehead atoms. The third-order valence-corrected chi connectivity index (χ3v) is 4.79. The Morgan fingerprint density at radius 3 is 2.45 bits per heavy atom. The Bertz CT molecular complexity index is 485. The van der Waals surface area contributed by atoms with E-state index in [2.05, 4.69) is 38.1 Å². The molecule has 2 heteroatoms. The molecule has 0 N–H and O–H groups in total. The maximum atomic E-state index is 6.09. The predicted molar refractivity (Wildman–Crippen MR) is 89.4 cm³/mol. The van der Waals surface area contributed by atoms with Gasteiger partial charge in [0, 0.05) is 10.1 Å². The van der Waals surface area contributed by atoms with E-state index in [1.54, 1.807) is 0 Å². The summed E-state index contributed by atoms with van der Waals surface area (Å²) in [6.45, 7) is 4.62. The van der Waals surface area contributed by atoms with Crippen molar-refractivity contribution in [2.24, 2.45) is 11.8 Å². The van der Waals surface area contributed by atoms with Crippen LogP contribution >= 0.6 is 23.2 Å². The molecule has 2 rings (SSSR count). The number of hydrogen-bond donors (Lipinski definition) is 0. The molecule has 0 saturated heterocycles. The maximum Gasteiger partial charge on any atom is 0.0406 e. The van der Waals surface area contributed by atoms with Crippen LogP contribution in [0.15, 0.2) is 47.5 Å². The van der Waals surface area contributed by atoms with Crippen molar-refractivity contribution < 1.29 is 0 Å². The van der Waals surface area contributed by atoms with Gasteiger partial charge in [0.05, 0.1) is 0 Å². The van der Waals surface area contributed by atoms with Gasteiger partial charge in [-0.25, -0.2) is 0 Å². The molecule has 1 aliphatic rings. The third kappa shape index (κ3) is 4.40. The van der Waals surface area contributed by atoms with Gasteiger partial charge in [-0.3, -0.25) is 0 Å². The number of hydrogen-bond acceptors (Lipinski definition) is 0. The van der Waals surface area contributed by atoms with Gasteiger partial charge in [-0.05, 0) is 60.8 Å². The van der Waals surface area contributed by atoms with Crippen molar-refractivity contribution in [1.29, 1.82) is 0 Å². The van der Waals surface area contributed by atoms with Crippen LogP contribution < -0.4 is 0 Å². The zero-order valence-electron chi connectivity index (χ0n) is 12.2. The second-order valence-electron chi connectivity index (χ2n) is 5.86. The molecule has 108 valence electrons. The Balaban J connectivity index is 1.85. The first-order chi connectivity index (χ1) is 9.56. The molecule has 0 aromatic heterocycles. The van der Waals surface area contributed by atoms with Gasteiger partial charge in [0.1, 0.15) is 0 Å². The van der Waals surface area contributed by atoms with Gasteiger partial charge in [-0.15, -0.1) is 0 Å². The van der Waals surface area contributed by atoms with E-state index in [0.29, 0.717) is 17.8 Å². The molecule has 1 aromatic carbocycles. The van der Waals surface area contributed by atoms with Crippen molar-refractivity contribution in [3.63, 3.8) is 0 Å². The molecule has 20 heavy (non-hydrogen) atoms. The summed E-state index contributed by atoms with van der Waals surface area (Å²) in [6.07, 6.45) is 9.94. The Hall–Kier alpha value is -0.720. The molecule has 0 nitrogen and oxygen atoms in total. The Kier molecular flexibility index (Phi) is 5.74. The topological polar surface area (TPSA) is 0 Å². The molecule has 1 aromatic rings. The summed E-state index contributed by atoms with van der Waals surface area (Å²) in [4.78, 5) is 0. The van der Waals surface area contributed by atoms with Crippen LogP contribution in [0.5, 0.6) is 0 Å². The van der Waals surface area contributed by atoms with Crippen LogP contribution in [0.1, 0.15) is 44.6 Å². The fourth-order valence-corrected chi connectivity index (χ4v) is 3.12. The Labute approximate surface area is 132 Å². The van der Waals surface area contributed by atoms with Crippen molar-refractivity contribution in [3.05, 3.63) is 58.1 Å². The first kappa shape index (κ1) is 15.7. The van der Waals surface area contributed by atoms with Crippen molar-refractivity contribution >= 4 is 23.2 Å². The number of halogens is 2. The Morgan fingerprint density at radius 1 is 1.10 bits per heavy atom. The van der Waals surface area contributed by atoms with Crippen LogP contribution in [0.4, 0.5) is 0 Å². The average Bonchev–Trinajstić information content (AvgIpc) is 2.45. The van der Waals surface area contributed by atoms with Crippen LogP contribution in [0.3, 0.4) is 0 Å². The lowest BCUT2D eigenvalue weighted by atomic mass is 9.83. The molecular formula is C18H22Cl2. The maximum absolute atomic E-state index is 6.09. The van der Waals surface area contributed by atoms with E-state index < -0.39 is 0 Å². The molecule has 0 spiro atoms. The monoisotopic (exact) mass is 308 g/mol. The van der Waals surface area contributed by atoms with Gasteiger partial charge in [0.2, 0.25) is 0 Å². The van der Waals surface area contributed by atoms with Crippen LogP contribution in [0.2, 0.25) is 5.02 Å². The van der Waals surface area contributed by atoms with Crippen LogP contribution in [0.25, 0.3) is 0 Å². The van der Waals surface area contributed by atoms with Gasteiger partial charge in [0.25, 0.3) is 0 Å². The SMILES string of the molecule is CC(CCC(C)C1C=C(Cl)C=CC1)c1ccc(Cl)cc1. The highest BCUT2D eigenvalue weighted by Crippen LogP contribution is 2.31. The van der Waals surface area contributed by atoms with E-state index >= 15 is 0 Å². The van der Waals surface area contributed by atoms with Crippen molar-refractivity contribution in [1.82, 2.24) is 0 Å². The predicted octanol–water partition coefficient (Wildman–Crippen LogP) is 6.56. The second kappa shape index (κ2) is 7.33. The number of benzene rings is 1. The van der Waals surface area contributed by atoms with Crippen molar-refractivity contribution in [2.45, 2.75) is 39.0 Å². The normalized spacial score (nSPS) is 21.4. The van der Waals surface area contributed by atoms with Crippen LogP contribution in [-0.4, -0.2) is 0 Å². The molecule has 0 fully saturated rings. The minimum atomic E-state index is 0.577. The summed E-state index contributed by atoms with van der Waals surface area (Å²) in [5, 5.41) is 1.70. The average molecular weight is 309 g/mol. The molecule has 1 aliphatic carbocycles. The molecule has 0 radical (unpaired) electrons. The van der Waals surface area contributed by atoms with Crippen LogP contribution in [-0.2, 0) is 0 Å². The van der Waals surface area contributed by atoms with E-state index in [0.717, 1.165) is 16.5 Å². The van der Waals surface area contributed by atoms with Gasteiger partial charge < -0.3 is 0 Å². The molecule has 0 saturated carbocycles. The van der Waals surface area contributed by atoms with Gasteiger partial charge in [0.15, 0.2) is 0 Å². The number of allylic oxidation sites excluding steroid dienone is 4. The highest BCUT2D eigenvalue weighted by Gasteiger charge is 2.17. The van der Waals surface area contributed by atoms with Gasteiger partial charge >= 0.3 is 0 Å². The highest BCUT2D eigenvalue weighted by atomic mass is 35.5. The third-order valence-electron chi connectivity index (χ3n) is 4.28. The zero-order valence-corrected chi connectivity index (χ0v) is 13.7. The summed E-state index contributed by atoms with van der Waals surface area (Å²) >= 11 is 12.0. The van der Waals surface area contributed by atoms with E-state index in [1.165, 1.54) is 18.4 Å². The summed E-state index contributed by atoms with van der Waals surface area (Å²) in [5.41, 5.74) is 1.37. The van der Waals surface area contributed by atoms with Crippen molar-refractivity contribution in [3.8, 4) is 0 Å². The van der Waals surface area contributed by atoms with Crippen molar-refractivity contribution in [2.75, 3.05) is 0 Å².